The molecule has 0 amide bonds. The van der Waals surface area contributed by atoms with Crippen LogP contribution in [-0.2, 0) is 0 Å². The minimum atomic E-state index is -0.671. The highest BCUT2D eigenvalue weighted by Gasteiger charge is 2.29. The molecule has 1 N–H and O–H groups in total. The van der Waals surface area contributed by atoms with Crippen LogP contribution in [-0.4, -0.2) is 48.2 Å². The van der Waals surface area contributed by atoms with E-state index in [9.17, 15) is 15.2 Å². The Morgan fingerprint density at radius 2 is 2.35 bits per heavy atom. The molecule has 1 fully saturated rings. The molecule has 7 heteroatoms. The second kappa shape index (κ2) is 6.07. The Hall–Kier alpha value is -1.18. The van der Waals surface area contributed by atoms with E-state index in [4.69, 9.17) is 0 Å². The molecule has 0 aliphatic carbocycles. The van der Waals surface area contributed by atoms with E-state index in [-0.39, 0.29) is 16.7 Å². The SMILES string of the molecule is C[C@@H](O)c1cc([N+](=O)[O-])c(N(C)C2CCCN(C)C2)s1. The number of hydrogen-bond acceptors (Lipinski definition) is 6. The van der Waals surface area contributed by atoms with Gasteiger partial charge in [-0.2, -0.15) is 0 Å². The van der Waals surface area contributed by atoms with Crippen LogP contribution in [0, 0.1) is 10.1 Å². The maximum Gasteiger partial charge on any atom is 0.304 e. The highest BCUT2D eigenvalue weighted by atomic mass is 32.1. The molecule has 1 aromatic heterocycles. The summed E-state index contributed by atoms with van der Waals surface area (Å²) in [5.74, 6) is 0. The fourth-order valence-electron chi connectivity index (χ4n) is 2.60. The van der Waals surface area contributed by atoms with E-state index in [1.807, 2.05) is 11.9 Å². The van der Waals surface area contributed by atoms with E-state index in [1.165, 1.54) is 17.4 Å². The summed E-state index contributed by atoms with van der Waals surface area (Å²) in [6.07, 6.45) is 1.48. The van der Waals surface area contributed by atoms with Gasteiger partial charge >= 0.3 is 5.69 Å². The molecule has 6 nitrogen and oxygen atoms in total. The fraction of sp³-hybridized carbons (Fsp3) is 0.692. The molecule has 0 spiro atoms. The molecule has 0 saturated carbocycles. The van der Waals surface area contributed by atoms with Crippen molar-refractivity contribution >= 4 is 22.0 Å². The third-order valence-corrected chi connectivity index (χ3v) is 5.17. The number of rotatable bonds is 4. The molecule has 0 radical (unpaired) electrons. The zero-order valence-electron chi connectivity index (χ0n) is 12.1. The number of anilines is 1. The van der Waals surface area contributed by atoms with E-state index in [0.29, 0.717) is 9.88 Å². The smallest absolute Gasteiger partial charge is 0.304 e. The number of nitro groups is 1. The van der Waals surface area contributed by atoms with Crippen LogP contribution < -0.4 is 4.90 Å². The number of piperidine rings is 1. The molecule has 2 atom stereocenters. The lowest BCUT2D eigenvalue weighted by atomic mass is 10.1. The molecular formula is C13H21N3O3S. The van der Waals surface area contributed by atoms with E-state index < -0.39 is 6.10 Å². The van der Waals surface area contributed by atoms with Crippen molar-refractivity contribution in [2.24, 2.45) is 0 Å². The van der Waals surface area contributed by atoms with Crippen molar-refractivity contribution in [3.8, 4) is 0 Å². The van der Waals surface area contributed by atoms with E-state index in [2.05, 4.69) is 11.9 Å². The summed E-state index contributed by atoms with van der Waals surface area (Å²) >= 11 is 1.31. The quantitative estimate of drug-likeness (QED) is 0.682. The lowest BCUT2D eigenvalue weighted by molar-refractivity contribution is -0.383. The first-order valence-electron chi connectivity index (χ1n) is 6.77. The number of aliphatic hydroxyl groups is 1. The van der Waals surface area contributed by atoms with Gasteiger partial charge in [0.25, 0.3) is 0 Å². The Balaban J connectivity index is 2.27. The first-order valence-corrected chi connectivity index (χ1v) is 7.59. The molecule has 112 valence electrons. The van der Waals surface area contributed by atoms with Crippen LogP contribution in [0.5, 0.6) is 0 Å². The van der Waals surface area contributed by atoms with Gasteiger partial charge in [-0.3, -0.25) is 10.1 Å². The topological polar surface area (TPSA) is 69.8 Å². The Bertz CT molecular complexity index is 489. The van der Waals surface area contributed by atoms with Crippen molar-refractivity contribution in [2.45, 2.75) is 31.9 Å². The summed E-state index contributed by atoms with van der Waals surface area (Å²) < 4.78 is 0. The second-order valence-electron chi connectivity index (χ2n) is 5.44. The third kappa shape index (κ3) is 3.11. The lowest BCUT2D eigenvalue weighted by Crippen LogP contribution is -2.44. The summed E-state index contributed by atoms with van der Waals surface area (Å²) in [4.78, 5) is 15.7. The summed E-state index contributed by atoms with van der Waals surface area (Å²) in [7, 11) is 3.98. The summed E-state index contributed by atoms with van der Waals surface area (Å²) in [6.45, 7) is 3.62. The zero-order valence-corrected chi connectivity index (χ0v) is 12.9. The Labute approximate surface area is 122 Å². The van der Waals surface area contributed by atoms with Crippen molar-refractivity contribution in [3.05, 3.63) is 21.1 Å². The fourth-order valence-corrected chi connectivity index (χ4v) is 3.70. The molecular weight excluding hydrogens is 278 g/mol. The van der Waals surface area contributed by atoms with Crippen LogP contribution in [0.4, 0.5) is 10.7 Å². The Kier molecular flexibility index (Phi) is 4.62. The number of likely N-dealkylation sites (tertiary alicyclic amines) is 1. The van der Waals surface area contributed by atoms with Crippen LogP contribution in [0.15, 0.2) is 6.07 Å². The van der Waals surface area contributed by atoms with Crippen molar-refractivity contribution in [1.82, 2.24) is 4.90 Å². The van der Waals surface area contributed by atoms with Gasteiger partial charge in [0.15, 0.2) is 5.00 Å². The average molecular weight is 299 g/mol. The molecule has 1 aliphatic rings. The van der Waals surface area contributed by atoms with Crippen LogP contribution in [0.3, 0.4) is 0 Å². The van der Waals surface area contributed by atoms with Crippen LogP contribution in [0.25, 0.3) is 0 Å². The van der Waals surface area contributed by atoms with E-state index in [0.717, 1.165) is 25.9 Å². The zero-order chi connectivity index (χ0) is 14.9. The number of likely N-dealkylation sites (N-methyl/N-ethyl adjacent to an activating group) is 2. The van der Waals surface area contributed by atoms with Gasteiger partial charge in [0, 0.05) is 30.6 Å². The van der Waals surface area contributed by atoms with Gasteiger partial charge in [0.2, 0.25) is 0 Å². The van der Waals surface area contributed by atoms with E-state index >= 15 is 0 Å². The van der Waals surface area contributed by atoms with Crippen molar-refractivity contribution < 1.29 is 10.0 Å². The van der Waals surface area contributed by atoms with Crippen LogP contribution in [0.2, 0.25) is 0 Å². The van der Waals surface area contributed by atoms with Gasteiger partial charge < -0.3 is 14.9 Å². The van der Waals surface area contributed by atoms with Crippen LogP contribution in [0.1, 0.15) is 30.7 Å². The van der Waals surface area contributed by atoms with Gasteiger partial charge in [-0.1, -0.05) is 0 Å². The highest BCUT2D eigenvalue weighted by molar-refractivity contribution is 7.16. The molecule has 0 aromatic carbocycles. The molecule has 2 rings (SSSR count). The van der Waals surface area contributed by atoms with Crippen LogP contribution >= 0.6 is 11.3 Å². The van der Waals surface area contributed by atoms with Gasteiger partial charge in [-0.05, 0) is 33.4 Å². The van der Waals surface area contributed by atoms with Crippen molar-refractivity contribution in [2.75, 3.05) is 32.1 Å². The molecule has 2 heterocycles. The standard InChI is InChI=1S/C13H21N3O3S/c1-9(17)12-7-11(16(18)19)13(20-12)15(3)10-5-4-6-14(2)8-10/h7,9-10,17H,4-6,8H2,1-3H3/t9-,10?/m1/s1. The highest BCUT2D eigenvalue weighted by Crippen LogP contribution is 2.41. The maximum absolute atomic E-state index is 11.2. The summed E-state index contributed by atoms with van der Waals surface area (Å²) in [6, 6.07) is 1.78. The minimum absolute atomic E-state index is 0.0987. The van der Waals surface area contributed by atoms with Crippen molar-refractivity contribution in [3.63, 3.8) is 0 Å². The predicted molar refractivity (Wildman–Crippen MR) is 80.5 cm³/mol. The summed E-state index contributed by atoms with van der Waals surface area (Å²) in [5.41, 5.74) is 0.0987. The van der Waals surface area contributed by atoms with Gasteiger partial charge in [0.05, 0.1) is 11.0 Å². The average Bonchev–Trinajstić information content (AvgIpc) is 2.83. The maximum atomic E-state index is 11.2. The normalized spacial score (nSPS) is 21.7. The first-order chi connectivity index (χ1) is 9.40. The molecule has 1 saturated heterocycles. The van der Waals surface area contributed by atoms with Gasteiger partial charge in [-0.15, -0.1) is 11.3 Å². The Morgan fingerprint density at radius 1 is 1.65 bits per heavy atom. The number of thiophene rings is 1. The van der Waals surface area contributed by atoms with Gasteiger partial charge in [-0.25, -0.2) is 0 Å². The molecule has 1 aliphatic heterocycles. The summed E-state index contributed by atoms with van der Waals surface area (Å²) in [5, 5.41) is 21.5. The number of hydrogen-bond donors (Lipinski definition) is 1. The van der Waals surface area contributed by atoms with Gasteiger partial charge in [0.1, 0.15) is 0 Å². The molecule has 20 heavy (non-hydrogen) atoms. The molecule has 0 bridgehead atoms. The predicted octanol–water partition coefficient (Wildman–Crippen LogP) is 2.24. The second-order valence-corrected chi connectivity index (χ2v) is 6.50. The Morgan fingerprint density at radius 3 is 2.90 bits per heavy atom. The molecule has 1 unspecified atom stereocenters. The lowest BCUT2D eigenvalue weighted by Gasteiger charge is -2.36. The van der Waals surface area contributed by atoms with E-state index in [1.54, 1.807) is 6.92 Å². The monoisotopic (exact) mass is 299 g/mol. The largest absolute Gasteiger partial charge is 0.388 e. The minimum Gasteiger partial charge on any atom is -0.388 e. The third-order valence-electron chi connectivity index (χ3n) is 3.79. The molecule has 1 aromatic rings. The van der Waals surface area contributed by atoms with Crippen molar-refractivity contribution in [1.29, 1.82) is 0 Å². The number of nitrogens with zero attached hydrogens (tertiary/aromatic N) is 3. The first kappa shape index (κ1) is 15.2. The number of aliphatic hydroxyl groups excluding tert-OH is 1.